The monoisotopic (exact) mass is 417 g/mol. The number of ether oxygens (including phenoxy) is 1. The van der Waals surface area contributed by atoms with Gasteiger partial charge in [-0.1, -0.05) is 0 Å². The Morgan fingerprint density at radius 1 is 1.23 bits per heavy atom. The number of benzene rings is 1. The van der Waals surface area contributed by atoms with Crippen molar-refractivity contribution in [2.75, 3.05) is 36.5 Å². The van der Waals surface area contributed by atoms with Crippen molar-refractivity contribution in [1.82, 2.24) is 5.32 Å². The molecule has 3 aliphatic heterocycles. The van der Waals surface area contributed by atoms with Crippen LogP contribution in [0.4, 0.5) is 15.8 Å². The number of hydrogen-bond acceptors (Lipinski definition) is 7. The molecule has 1 aliphatic carbocycles. The fourth-order valence-corrected chi connectivity index (χ4v) is 5.24. The molecule has 0 radical (unpaired) electrons. The van der Waals surface area contributed by atoms with E-state index in [0.717, 1.165) is 25.5 Å². The number of hydrogen-bond donors (Lipinski definition) is 2. The normalized spacial score (nSPS) is 28.4. The van der Waals surface area contributed by atoms with Gasteiger partial charge in [-0.05, 0) is 44.2 Å². The molecule has 30 heavy (non-hydrogen) atoms. The SMILES string of the molecule is COc1c(N2C[C@@H]3CCCN[C@@H]3C2)c(F)cc2c1N(C1CC1)C(C(=O)O)C(=O)C2=O. The quantitative estimate of drug-likeness (QED) is 0.557. The zero-order chi connectivity index (χ0) is 21.2. The van der Waals surface area contributed by atoms with Crippen LogP contribution >= 0.6 is 0 Å². The van der Waals surface area contributed by atoms with Crippen LogP contribution in [-0.2, 0) is 9.59 Å². The zero-order valence-electron chi connectivity index (χ0n) is 16.7. The predicted molar refractivity (Wildman–Crippen MR) is 106 cm³/mol. The van der Waals surface area contributed by atoms with E-state index < -0.39 is 29.4 Å². The van der Waals surface area contributed by atoms with Crippen molar-refractivity contribution in [2.24, 2.45) is 5.92 Å². The number of carbonyl (C=O) groups excluding carboxylic acids is 2. The van der Waals surface area contributed by atoms with Crippen molar-refractivity contribution >= 4 is 28.9 Å². The number of fused-ring (bicyclic) bond motifs is 2. The highest BCUT2D eigenvalue weighted by Gasteiger charge is 2.51. The first-order valence-corrected chi connectivity index (χ1v) is 10.4. The van der Waals surface area contributed by atoms with Gasteiger partial charge in [0.2, 0.25) is 11.6 Å². The molecule has 0 spiro atoms. The topological polar surface area (TPSA) is 99.2 Å². The number of ketones is 2. The Morgan fingerprint density at radius 2 is 2.00 bits per heavy atom. The first-order chi connectivity index (χ1) is 14.4. The van der Waals surface area contributed by atoms with Gasteiger partial charge in [-0.3, -0.25) is 9.59 Å². The maximum atomic E-state index is 15.3. The van der Waals surface area contributed by atoms with Gasteiger partial charge in [0.05, 0.1) is 18.4 Å². The van der Waals surface area contributed by atoms with E-state index in [2.05, 4.69) is 5.32 Å². The molecule has 3 atom stereocenters. The zero-order valence-corrected chi connectivity index (χ0v) is 16.7. The maximum Gasteiger partial charge on any atom is 0.334 e. The smallest absolute Gasteiger partial charge is 0.334 e. The summed E-state index contributed by atoms with van der Waals surface area (Å²) in [4.78, 5) is 40.5. The molecule has 1 aromatic rings. The third kappa shape index (κ3) is 2.79. The minimum Gasteiger partial charge on any atom is -0.492 e. The number of methoxy groups -OCH3 is 1. The van der Waals surface area contributed by atoms with Gasteiger partial charge in [0.1, 0.15) is 5.69 Å². The number of aliphatic carboxylic acids is 1. The number of Topliss-reactive ketones (excluding diaryl/α,β-unsaturated/α-hetero) is 2. The van der Waals surface area contributed by atoms with Gasteiger partial charge in [0.25, 0.3) is 0 Å². The number of carbonyl (C=O) groups is 3. The molecule has 4 aliphatic rings. The molecule has 0 bridgehead atoms. The molecule has 2 saturated heterocycles. The Labute approximate surface area is 173 Å². The average Bonchev–Trinajstić information content (AvgIpc) is 3.47. The molecule has 2 N–H and O–H groups in total. The van der Waals surface area contributed by atoms with Gasteiger partial charge in [-0.15, -0.1) is 0 Å². The van der Waals surface area contributed by atoms with E-state index in [4.69, 9.17) is 4.74 Å². The summed E-state index contributed by atoms with van der Waals surface area (Å²) in [6, 6.07) is -0.450. The predicted octanol–water partition coefficient (Wildman–Crippen LogP) is 1.21. The minimum atomic E-state index is -1.60. The van der Waals surface area contributed by atoms with Gasteiger partial charge in [0, 0.05) is 25.2 Å². The molecule has 9 heteroatoms. The molecule has 3 heterocycles. The van der Waals surface area contributed by atoms with Gasteiger partial charge in [-0.25, -0.2) is 9.18 Å². The molecule has 8 nitrogen and oxygen atoms in total. The van der Waals surface area contributed by atoms with Crippen LogP contribution < -0.4 is 19.9 Å². The second-order valence-electron chi connectivity index (χ2n) is 8.58. The fourth-order valence-electron chi connectivity index (χ4n) is 5.24. The van der Waals surface area contributed by atoms with Crippen molar-refractivity contribution in [3.8, 4) is 5.75 Å². The molecule has 5 rings (SSSR count). The molecule has 0 amide bonds. The van der Waals surface area contributed by atoms with Gasteiger partial charge < -0.3 is 25.0 Å². The molecule has 0 aromatic heterocycles. The van der Waals surface area contributed by atoms with Crippen LogP contribution in [0, 0.1) is 11.7 Å². The van der Waals surface area contributed by atoms with Crippen molar-refractivity contribution in [1.29, 1.82) is 0 Å². The van der Waals surface area contributed by atoms with E-state index in [0.29, 0.717) is 31.8 Å². The maximum absolute atomic E-state index is 15.3. The molecule has 160 valence electrons. The Hall–Kier alpha value is -2.68. The Balaban J connectivity index is 1.66. The van der Waals surface area contributed by atoms with E-state index in [9.17, 15) is 19.5 Å². The summed E-state index contributed by atoms with van der Waals surface area (Å²) in [5.74, 6) is -3.48. The Bertz CT molecular complexity index is 933. The van der Waals surface area contributed by atoms with Crippen LogP contribution in [0.25, 0.3) is 0 Å². The van der Waals surface area contributed by atoms with E-state index in [1.807, 2.05) is 4.90 Å². The summed E-state index contributed by atoms with van der Waals surface area (Å²) in [6.45, 7) is 2.20. The van der Waals surface area contributed by atoms with Gasteiger partial charge in [-0.2, -0.15) is 0 Å². The van der Waals surface area contributed by atoms with E-state index in [-0.39, 0.29) is 34.8 Å². The minimum absolute atomic E-state index is 0.114. The van der Waals surface area contributed by atoms with Crippen LogP contribution in [0.1, 0.15) is 36.0 Å². The molecule has 1 unspecified atom stereocenters. The molecule has 1 aromatic carbocycles. The Morgan fingerprint density at radius 3 is 2.63 bits per heavy atom. The standard InChI is InChI=1S/C21H24FN3O5/c1-30-20-15-12(18(26)19(27)17(21(28)29)25(15)11-4-5-11)7-13(22)16(20)24-8-10-3-2-6-23-14(10)9-24/h7,10-11,14,17,23H,2-6,8-9H2,1H3,(H,28,29)/t10-,14+,17?/m0/s1. The second-order valence-corrected chi connectivity index (χ2v) is 8.58. The summed E-state index contributed by atoms with van der Waals surface area (Å²) in [6.07, 6.45) is 3.55. The average molecular weight is 417 g/mol. The lowest BCUT2D eigenvalue weighted by atomic mass is 9.91. The number of anilines is 2. The van der Waals surface area contributed by atoms with Crippen LogP contribution in [0.15, 0.2) is 6.07 Å². The van der Waals surface area contributed by atoms with Crippen LogP contribution in [0.3, 0.4) is 0 Å². The first-order valence-electron chi connectivity index (χ1n) is 10.4. The molecule has 3 fully saturated rings. The summed E-state index contributed by atoms with van der Waals surface area (Å²) < 4.78 is 20.9. The Kier molecular flexibility index (Phi) is 4.46. The van der Waals surface area contributed by atoms with E-state index in [1.165, 1.54) is 12.0 Å². The lowest BCUT2D eigenvalue weighted by Crippen LogP contribution is -2.54. The van der Waals surface area contributed by atoms with E-state index >= 15 is 4.39 Å². The highest BCUT2D eigenvalue weighted by Crippen LogP contribution is 2.50. The van der Waals surface area contributed by atoms with E-state index in [1.54, 1.807) is 0 Å². The fraction of sp³-hybridized carbons (Fsp3) is 0.571. The summed E-state index contributed by atoms with van der Waals surface area (Å²) in [5, 5.41) is 13.2. The molecule has 1 saturated carbocycles. The second kappa shape index (κ2) is 6.94. The lowest BCUT2D eigenvalue weighted by Gasteiger charge is -2.37. The molecular weight excluding hydrogens is 393 g/mol. The van der Waals surface area contributed by atoms with Crippen LogP contribution in [0.2, 0.25) is 0 Å². The third-order valence-corrected chi connectivity index (χ3v) is 6.73. The number of carboxylic acid groups (broad SMARTS) is 1. The van der Waals surface area contributed by atoms with Crippen LogP contribution in [0.5, 0.6) is 5.75 Å². The summed E-state index contributed by atoms with van der Waals surface area (Å²) in [5.41, 5.74) is 0.359. The third-order valence-electron chi connectivity index (χ3n) is 6.73. The number of rotatable bonds is 4. The number of halogens is 1. The van der Waals surface area contributed by atoms with Crippen molar-refractivity contribution in [3.05, 3.63) is 17.4 Å². The summed E-state index contributed by atoms with van der Waals surface area (Å²) >= 11 is 0. The first kappa shape index (κ1) is 19.3. The highest BCUT2D eigenvalue weighted by molar-refractivity contribution is 6.51. The number of nitrogens with one attached hydrogen (secondary N) is 1. The highest BCUT2D eigenvalue weighted by atomic mass is 19.1. The van der Waals surface area contributed by atoms with Gasteiger partial charge in [0.15, 0.2) is 17.6 Å². The number of carboxylic acids is 1. The number of piperidine rings is 1. The largest absolute Gasteiger partial charge is 0.492 e. The summed E-state index contributed by atoms with van der Waals surface area (Å²) in [7, 11) is 1.39. The van der Waals surface area contributed by atoms with Crippen molar-refractivity contribution < 1.29 is 28.6 Å². The lowest BCUT2D eigenvalue weighted by molar-refractivity contribution is -0.141. The van der Waals surface area contributed by atoms with Gasteiger partial charge >= 0.3 is 5.97 Å². The van der Waals surface area contributed by atoms with Crippen LogP contribution in [-0.4, -0.2) is 67.5 Å². The number of nitrogens with zero attached hydrogens (tertiary/aromatic N) is 2. The van der Waals surface area contributed by atoms with Crippen molar-refractivity contribution in [3.63, 3.8) is 0 Å². The molecular formula is C21H24FN3O5. The van der Waals surface area contributed by atoms with Crippen molar-refractivity contribution in [2.45, 2.75) is 43.8 Å².